The van der Waals surface area contributed by atoms with Gasteiger partial charge in [0.25, 0.3) is 0 Å². The molecule has 4 nitrogen and oxygen atoms in total. The first-order valence-corrected chi connectivity index (χ1v) is 13.4. The fourth-order valence-electron chi connectivity index (χ4n) is 4.56. The molecule has 0 saturated carbocycles. The Bertz CT molecular complexity index is 1230. The largest absolute Gasteiger partial charge is 1.00 e. The van der Waals surface area contributed by atoms with Crippen LogP contribution in [0.2, 0.25) is 0 Å². The van der Waals surface area contributed by atoms with Crippen LogP contribution in [0.4, 0.5) is 17.1 Å². The minimum Gasteiger partial charge on any atom is -1.00 e. The van der Waals surface area contributed by atoms with Crippen LogP contribution in [0.3, 0.4) is 0 Å². The molecule has 5 heteroatoms. The van der Waals surface area contributed by atoms with E-state index >= 15 is 0 Å². The van der Waals surface area contributed by atoms with E-state index in [4.69, 9.17) is 0 Å². The van der Waals surface area contributed by atoms with Crippen molar-refractivity contribution >= 4 is 23.1 Å². The molecule has 0 amide bonds. The van der Waals surface area contributed by atoms with Crippen molar-refractivity contribution in [3.8, 4) is 5.69 Å². The van der Waals surface area contributed by atoms with Crippen LogP contribution in [0.5, 0.6) is 0 Å². The molecule has 1 aliphatic rings. The Kier molecular flexibility index (Phi) is 10.8. The quantitative estimate of drug-likeness (QED) is 0.369. The highest BCUT2D eigenvalue weighted by Gasteiger charge is 2.08. The number of hydrogen-bond donors (Lipinski definition) is 0. The lowest BCUT2D eigenvalue weighted by Gasteiger charge is -2.23. The summed E-state index contributed by atoms with van der Waals surface area (Å²) in [7, 11) is 0. The van der Waals surface area contributed by atoms with Crippen molar-refractivity contribution in [1.82, 2.24) is 0 Å². The summed E-state index contributed by atoms with van der Waals surface area (Å²) in [5.41, 5.74) is 7.21. The average Bonchev–Trinajstić information content (AvgIpc) is 2.96. The predicted octanol–water partition coefficient (Wildman–Crippen LogP) is 4.15. The van der Waals surface area contributed by atoms with E-state index in [-0.39, 0.29) is 12.4 Å². The molecule has 0 aliphatic carbocycles. The highest BCUT2D eigenvalue weighted by atomic mass is 35.5. The van der Waals surface area contributed by atoms with E-state index in [2.05, 4.69) is 163 Å². The molecule has 0 spiro atoms. The first-order chi connectivity index (χ1) is 18.1. The predicted molar refractivity (Wildman–Crippen MR) is 159 cm³/mol. The van der Waals surface area contributed by atoms with Crippen molar-refractivity contribution in [1.29, 1.82) is 0 Å². The number of nitrogens with zero attached hydrogens (tertiary/aromatic N) is 4. The molecule has 2 aromatic carbocycles. The summed E-state index contributed by atoms with van der Waals surface area (Å²) >= 11 is 0. The van der Waals surface area contributed by atoms with Crippen LogP contribution in [0.15, 0.2) is 115 Å². The molecule has 1 aromatic heterocycles. The number of aromatic nitrogens is 1. The molecule has 0 bridgehead atoms. The molecule has 0 saturated heterocycles. The summed E-state index contributed by atoms with van der Waals surface area (Å²) in [5, 5.41) is 0. The zero-order valence-corrected chi connectivity index (χ0v) is 23.7. The molecule has 0 unspecified atom stereocenters. The van der Waals surface area contributed by atoms with Crippen LogP contribution in [-0.4, -0.2) is 26.2 Å². The van der Waals surface area contributed by atoms with Crippen molar-refractivity contribution in [3.05, 3.63) is 121 Å². The van der Waals surface area contributed by atoms with E-state index in [1.165, 1.54) is 33.9 Å². The summed E-state index contributed by atoms with van der Waals surface area (Å²) in [4.78, 5) is 6.86. The van der Waals surface area contributed by atoms with Crippen molar-refractivity contribution in [3.63, 3.8) is 0 Å². The summed E-state index contributed by atoms with van der Waals surface area (Å²) in [6, 6.07) is 21.8. The lowest BCUT2D eigenvalue weighted by molar-refractivity contribution is -0.595. The Morgan fingerprint density at radius 1 is 0.684 bits per heavy atom. The van der Waals surface area contributed by atoms with Crippen molar-refractivity contribution in [2.75, 3.05) is 40.9 Å². The third-order valence-electron chi connectivity index (χ3n) is 6.84. The molecule has 0 N–H and O–H groups in total. The average molecular weight is 527 g/mol. The molecule has 2 heterocycles. The summed E-state index contributed by atoms with van der Waals surface area (Å²) in [6.45, 7) is 12.9. The summed E-state index contributed by atoms with van der Waals surface area (Å²) < 4.78 is 2.15. The standard InChI is InChI=1S/C33H39N4.ClH/c1-5-34(6-2)30-12-16-32(17-13-30)36-24-20-28(21-25-36)10-9-11-29-22-26-37(27-23-29)33-18-14-31(15-19-33)35(7-3)8-4;/h9-27H,5-8H2,1-4H3;1H/q+1;/p-1. The van der Waals surface area contributed by atoms with E-state index in [1.54, 1.807) is 0 Å². The van der Waals surface area contributed by atoms with Crippen molar-refractivity contribution < 1.29 is 17.0 Å². The second-order valence-corrected chi connectivity index (χ2v) is 8.98. The van der Waals surface area contributed by atoms with Crippen molar-refractivity contribution in [2.45, 2.75) is 27.7 Å². The molecule has 38 heavy (non-hydrogen) atoms. The summed E-state index contributed by atoms with van der Waals surface area (Å²) in [6.07, 6.45) is 19.1. The number of hydrogen-bond acceptors (Lipinski definition) is 3. The Morgan fingerprint density at radius 3 is 1.68 bits per heavy atom. The van der Waals surface area contributed by atoms with Crippen LogP contribution < -0.4 is 31.7 Å². The molecule has 3 aromatic rings. The van der Waals surface area contributed by atoms with Gasteiger partial charge >= 0.3 is 0 Å². The molecular formula is C33H39ClN4. The van der Waals surface area contributed by atoms with Gasteiger partial charge in [0.1, 0.15) is 0 Å². The second-order valence-electron chi connectivity index (χ2n) is 8.98. The summed E-state index contributed by atoms with van der Waals surface area (Å²) in [5.74, 6) is 0. The number of benzene rings is 2. The number of rotatable bonds is 10. The Labute approximate surface area is 234 Å². The van der Waals surface area contributed by atoms with Crippen LogP contribution in [0.25, 0.3) is 11.8 Å². The van der Waals surface area contributed by atoms with Gasteiger partial charge in [-0.2, -0.15) is 4.57 Å². The minimum absolute atomic E-state index is 0. The van der Waals surface area contributed by atoms with Gasteiger partial charge < -0.3 is 27.1 Å². The van der Waals surface area contributed by atoms with Crippen molar-refractivity contribution in [2.24, 2.45) is 0 Å². The maximum Gasteiger partial charge on any atom is 0.210 e. The normalized spacial score (nSPS) is 12.5. The minimum atomic E-state index is 0. The van der Waals surface area contributed by atoms with Gasteiger partial charge in [-0.15, -0.1) is 0 Å². The van der Waals surface area contributed by atoms with E-state index in [0.717, 1.165) is 26.2 Å². The molecule has 1 aliphatic heterocycles. The van der Waals surface area contributed by atoms with Gasteiger partial charge in [0, 0.05) is 79.9 Å². The second kappa shape index (κ2) is 14.3. The van der Waals surface area contributed by atoms with Gasteiger partial charge in [0.2, 0.25) is 5.69 Å². The fraction of sp³-hybridized carbons (Fsp3) is 0.242. The lowest BCUT2D eigenvalue weighted by atomic mass is 10.1. The van der Waals surface area contributed by atoms with Gasteiger partial charge in [-0.25, -0.2) is 0 Å². The van der Waals surface area contributed by atoms with Crippen LogP contribution in [0, 0.1) is 0 Å². The zero-order chi connectivity index (χ0) is 26.0. The molecule has 198 valence electrons. The van der Waals surface area contributed by atoms with E-state index in [1.807, 2.05) is 0 Å². The fourth-order valence-corrected chi connectivity index (χ4v) is 4.56. The SMILES string of the molecule is CCN(CC)c1ccc(N2C=CC(=CC=Cc3cc[n+](-c4ccc(N(CC)CC)cc4)cc3)C=C2)cc1.[Cl-]. The number of pyridine rings is 1. The first-order valence-electron chi connectivity index (χ1n) is 13.4. The van der Waals surface area contributed by atoms with Gasteiger partial charge in [0.15, 0.2) is 12.4 Å². The smallest absolute Gasteiger partial charge is 0.210 e. The van der Waals surface area contributed by atoms with Gasteiger partial charge in [0.05, 0.1) is 0 Å². The van der Waals surface area contributed by atoms with Gasteiger partial charge in [-0.1, -0.05) is 18.2 Å². The van der Waals surface area contributed by atoms with Gasteiger partial charge in [-0.05, 0) is 87.4 Å². The first kappa shape index (κ1) is 28.8. The Balaban J connectivity index is 0.00000400. The molecular weight excluding hydrogens is 488 g/mol. The molecule has 4 rings (SSSR count). The van der Waals surface area contributed by atoms with E-state index in [0.29, 0.717) is 0 Å². The maximum absolute atomic E-state index is 2.36. The van der Waals surface area contributed by atoms with Gasteiger partial charge in [-0.3, -0.25) is 0 Å². The number of allylic oxidation sites excluding steroid dienone is 5. The maximum atomic E-state index is 2.36. The van der Waals surface area contributed by atoms with E-state index in [9.17, 15) is 0 Å². The highest BCUT2D eigenvalue weighted by molar-refractivity contribution is 5.62. The Hall–Kier alpha value is -3.76. The monoisotopic (exact) mass is 526 g/mol. The number of anilines is 3. The van der Waals surface area contributed by atoms with Crippen LogP contribution >= 0.6 is 0 Å². The van der Waals surface area contributed by atoms with E-state index < -0.39 is 0 Å². The lowest BCUT2D eigenvalue weighted by Crippen LogP contribution is -3.00. The third kappa shape index (κ3) is 7.17. The zero-order valence-electron chi connectivity index (χ0n) is 23.0. The Morgan fingerprint density at radius 2 is 1.18 bits per heavy atom. The topological polar surface area (TPSA) is 13.6 Å². The highest BCUT2D eigenvalue weighted by Crippen LogP contribution is 2.23. The third-order valence-corrected chi connectivity index (χ3v) is 6.84. The molecule has 0 radical (unpaired) electrons. The number of halogens is 1. The van der Waals surface area contributed by atoms with Crippen LogP contribution in [0.1, 0.15) is 33.3 Å². The molecule has 0 fully saturated rings. The van der Waals surface area contributed by atoms with Crippen LogP contribution in [-0.2, 0) is 0 Å². The molecule has 0 atom stereocenters.